The summed E-state index contributed by atoms with van der Waals surface area (Å²) in [6.07, 6.45) is 0.974. The van der Waals surface area contributed by atoms with E-state index in [-0.39, 0.29) is 11.9 Å². The van der Waals surface area contributed by atoms with Gasteiger partial charge in [-0.15, -0.1) is 0 Å². The van der Waals surface area contributed by atoms with Crippen LogP contribution in [-0.4, -0.2) is 37.0 Å². The highest BCUT2D eigenvalue weighted by molar-refractivity contribution is 5.80. The smallest absolute Gasteiger partial charge is 0.237 e. The summed E-state index contributed by atoms with van der Waals surface area (Å²) in [7, 11) is 2.09. The number of carbonyl (C=O) groups excluding carboxylic acids is 1. The number of likely N-dealkylation sites (tertiary alicyclic amines) is 1. The van der Waals surface area contributed by atoms with Crippen LogP contribution in [0.2, 0.25) is 0 Å². The molecule has 84 valence electrons. The molecule has 0 radical (unpaired) electrons. The molecule has 1 saturated heterocycles. The Bertz CT molecular complexity index is 271. The van der Waals surface area contributed by atoms with Gasteiger partial charge < -0.3 is 10.2 Å². The quantitative estimate of drug-likeness (QED) is 0.724. The highest BCUT2D eigenvalue weighted by Crippen LogP contribution is 2.15. The average Bonchev–Trinajstić information content (AvgIpc) is 2.20. The number of amides is 1. The van der Waals surface area contributed by atoms with E-state index in [1.807, 2.05) is 6.07 Å². The van der Waals surface area contributed by atoms with Crippen molar-refractivity contribution in [2.24, 2.45) is 11.8 Å². The van der Waals surface area contributed by atoms with Crippen molar-refractivity contribution in [3.8, 4) is 6.07 Å². The molecule has 0 aromatic rings. The molecule has 0 bridgehead atoms. The van der Waals surface area contributed by atoms with E-state index in [1.165, 1.54) is 0 Å². The molecule has 1 rings (SSSR count). The van der Waals surface area contributed by atoms with Gasteiger partial charge in [-0.1, -0.05) is 6.92 Å². The van der Waals surface area contributed by atoms with Crippen molar-refractivity contribution in [3.05, 3.63) is 0 Å². The fourth-order valence-corrected chi connectivity index (χ4v) is 1.93. The topological polar surface area (TPSA) is 56.1 Å². The van der Waals surface area contributed by atoms with Crippen LogP contribution in [-0.2, 0) is 4.79 Å². The van der Waals surface area contributed by atoms with Crippen molar-refractivity contribution < 1.29 is 4.79 Å². The predicted molar refractivity (Wildman–Crippen MR) is 58.0 cm³/mol. The molecule has 0 aromatic heterocycles. The second-order valence-electron chi connectivity index (χ2n) is 4.49. The van der Waals surface area contributed by atoms with Crippen LogP contribution >= 0.6 is 0 Å². The van der Waals surface area contributed by atoms with E-state index in [2.05, 4.69) is 24.2 Å². The number of nitrogens with zero attached hydrogens (tertiary/aromatic N) is 2. The van der Waals surface area contributed by atoms with E-state index in [0.29, 0.717) is 5.92 Å². The molecule has 1 heterocycles. The molecule has 1 aliphatic rings. The fourth-order valence-electron chi connectivity index (χ4n) is 1.93. The summed E-state index contributed by atoms with van der Waals surface area (Å²) in [4.78, 5) is 13.8. The van der Waals surface area contributed by atoms with Crippen LogP contribution in [0.15, 0.2) is 0 Å². The van der Waals surface area contributed by atoms with E-state index < -0.39 is 5.92 Å². The summed E-state index contributed by atoms with van der Waals surface area (Å²) in [6.45, 7) is 5.79. The third-order valence-electron chi connectivity index (χ3n) is 3.02. The second kappa shape index (κ2) is 5.13. The van der Waals surface area contributed by atoms with Crippen molar-refractivity contribution >= 4 is 5.91 Å². The maximum Gasteiger partial charge on any atom is 0.237 e. The van der Waals surface area contributed by atoms with Gasteiger partial charge in [0.1, 0.15) is 5.92 Å². The molecule has 3 atom stereocenters. The van der Waals surface area contributed by atoms with Gasteiger partial charge in [-0.05, 0) is 32.9 Å². The van der Waals surface area contributed by atoms with Crippen LogP contribution in [0.5, 0.6) is 0 Å². The molecule has 1 aliphatic heterocycles. The molecule has 4 heteroatoms. The maximum atomic E-state index is 11.5. The summed E-state index contributed by atoms with van der Waals surface area (Å²) < 4.78 is 0. The molecule has 0 spiro atoms. The molecule has 1 N–H and O–H groups in total. The van der Waals surface area contributed by atoms with Crippen molar-refractivity contribution in [3.63, 3.8) is 0 Å². The van der Waals surface area contributed by atoms with E-state index in [0.717, 1.165) is 19.5 Å². The number of rotatable bonds is 2. The molecule has 3 unspecified atom stereocenters. The Labute approximate surface area is 91.2 Å². The number of hydrogen-bond acceptors (Lipinski definition) is 3. The summed E-state index contributed by atoms with van der Waals surface area (Å²) in [5.74, 6) is -0.227. The second-order valence-corrected chi connectivity index (χ2v) is 4.49. The first-order valence-electron chi connectivity index (χ1n) is 5.43. The van der Waals surface area contributed by atoms with Gasteiger partial charge in [0.05, 0.1) is 6.07 Å². The third-order valence-corrected chi connectivity index (χ3v) is 3.02. The van der Waals surface area contributed by atoms with Gasteiger partial charge in [0.25, 0.3) is 0 Å². The lowest BCUT2D eigenvalue weighted by molar-refractivity contribution is -0.124. The number of hydrogen-bond donors (Lipinski definition) is 1. The highest BCUT2D eigenvalue weighted by atomic mass is 16.1. The van der Waals surface area contributed by atoms with Crippen LogP contribution in [0.3, 0.4) is 0 Å². The predicted octanol–water partition coefficient (Wildman–Crippen LogP) is 0.602. The van der Waals surface area contributed by atoms with Crippen molar-refractivity contribution in [1.82, 2.24) is 10.2 Å². The average molecular weight is 209 g/mol. The zero-order chi connectivity index (χ0) is 11.4. The lowest BCUT2D eigenvalue weighted by Gasteiger charge is -2.35. The van der Waals surface area contributed by atoms with Gasteiger partial charge in [-0.2, -0.15) is 5.26 Å². The number of carbonyl (C=O) groups is 1. The first-order valence-corrected chi connectivity index (χ1v) is 5.43. The van der Waals surface area contributed by atoms with Gasteiger partial charge in [0, 0.05) is 12.6 Å². The minimum atomic E-state index is -0.545. The Kier molecular flexibility index (Phi) is 4.10. The zero-order valence-electron chi connectivity index (χ0n) is 9.66. The normalized spacial score (nSPS) is 29.2. The Morgan fingerprint density at radius 3 is 2.87 bits per heavy atom. The van der Waals surface area contributed by atoms with Crippen molar-refractivity contribution in [2.75, 3.05) is 20.1 Å². The van der Waals surface area contributed by atoms with Gasteiger partial charge in [-0.25, -0.2) is 0 Å². The van der Waals surface area contributed by atoms with Crippen LogP contribution < -0.4 is 5.32 Å². The summed E-state index contributed by atoms with van der Waals surface area (Å²) in [6, 6.07) is 2.18. The van der Waals surface area contributed by atoms with Crippen molar-refractivity contribution in [1.29, 1.82) is 5.26 Å². The molecular weight excluding hydrogens is 190 g/mol. The third kappa shape index (κ3) is 3.21. The number of piperidine rings is 1. The monoisotopic (exact) mass is 209 g/mol. The Morgan fingerprint density at radius 2 is 2.33 bits per heavy atom. The maximum absolute atomic E-state index is 11.5. The summed E-state index contributed by atoms with van der Waals surface area (Å²) in [5, 5.41) is 11.6. The number of nitriles is 1. The van der Waals surface area contributed by atoms with Crippen LogP contribution in [0, 0.1) is 23.2 Å². The Hall–Kier alpha value is -1.08. The summed E-state index contributed by atoms with van der Waals surface area (Å²) in [5.41, 5.74) is 0. The molecule has 4 nitrogen and oxygen atoms in total. The Morgan fingerprint density at radius 1 is 1.67 bits per heavy atom. The standard InChI is InChI=1S/C11H19N3O/c1-8(6-12)11(15)13-10-4-5-14(3)7-9(10)2/h8-10H,4-5,7H2,1-3H3,(H,13,15). The van der Waals surface area contributed by atoms with Gasteiger partial charge >= 0.3 is 0 Å². The largest absolute Gasteiger partial charge is 0.352 e. The van der Waals surface area contributed by atoms with E-state index in [9.17, 15) is 4.79 Å². The summed E-state index contributed by atoms with van der Waals surface area (Å²) >= 11 is 0. The number of nitrogens with one attached hydrogen (secondary N) is 1. The molecule has 1 amide bonds. The lowest BCUT2D eigenvalue weighted by atomic mass is 9.93. The Balaban J connectivity index is 2.45. The fraction of sp³-hybridized carbons (Fsp3) is 0.818. The van der Waals surface area contributed by atoms with E-state index >= 15 is 0 Å². The minimum Gasteiger partial charge on any atom is -0.352 e. The first kappa shape index (κ1) is 12.0. The molecule has 15 heavy (non-hydrogen) atoms. The van der Waals surface area contributed by atoms with E-state index in [4.69, 9.17) is 5.26 Å². The SMILES string of the molecule is CC(C#N)C(=O)NC1CCN(C)CC1C. The molecule has 0 saturated carbocycles. The van der Waals surface area contributed by atoms with Gasteiger partial charge in [0.15, 0.2) is 0 Å². The van der Waals surface area contributed by atoms with Gasteiger partial charge in [0.2, 0.25) is 5.91 Å². The van der Waals surface area contributed by atoms with E-state index in [1.54, 1.807) is 6.92 Å². The highest BCUT2D eigenvalue weighted by Gasteiger charge is 2.26. The van der Waals surface area contributed by atoms with Crippen LogP contribution in [0.25, 0.3) is 0 Å². The first-order chi connectivity index (χ1) is 7.04. The molecule has 0 aliphatic carbocycles. The van der Waals surface area contributed by atoms with Crippen LogP contribution in [0.4, 0.5) is 0 Å². The minimum absolute atomic E-state index is 0.140. The van der Waals surface area contributed by atoms with Crippen LogP contribution in [0.1, 0.15) is 20.3 Å². The molecule has 0 aromatic carbocycles. The zero-order valence-corrected chi connectivity index (χ0v) is 9.66. The van der Waals surface area contributed by atoms with Gasteiger partial charge in [-0.3, -0.25) is 4.79 Å². The molecular formula is C11H19N3O. The molecule has 1 fully saturated rings. The van der Waals surface area contributed by atoms with Crippen molar-refractivity contribution in [2.45, 2.75) is 26.3 Å². The lowest BCUT2D eigenvalue weighted by Crippen LogP contribution is -2.49.